The topological polar surface area (TPSA) is 73.3 Å². The van der Waals surface area contributed by atoms with E-state index < -0.39 is 5.97 Å². The lowest BCUT2D eigenvalue weighted by atomic mass is 10.1. The Balaban J connectivity index is 1.89. The second-order valence-corrected chi connectivity index (χ2v) is 6.38. The first-order chi connectivity index (χ1) is 12.0. The molecule has 1 fully saturated rings. The lowest BCUT2D eigenvalue weighted by Crippen LogP contribution is -2.14. The molecule has 6 nitrogen and oxygen atoms in total. The summed E-state index contributed by atoms with van der Waals surface area (Å²) in [6.45, 7) is 1.99. The lowest BCUT2D eigenvalue weighted by molar-refractivity contribution is 0.0593. The van der Waals surface area contributed by atoms with Gasteiger partial charge in [-0.25, -0.2) is 14.8 Å². The van der Waals surface area contributed by atoms with Gasteiger partial charge in [0.25, 0.3) is 0 Å². The molecular weight excluding hydrogens is 342 g/mol. The van der Waals surface area contributed by atoms with E-state index in [0.29, 0.717) is 11.6 Å². The van der Waals surface area contributed by atoms with Crippen LogP contribution in [0.1, 0.15) is 53.6 Å². The van der Waals surface area contributed by atoms with Crippen molar-refractivity contribution in [1.82, 2.24) is 9.97 Å². The highest BCUT2D eigenvalue weighted by Gasteiger charge is 2.30. The molecular formula is C18H20ClN3O3. The molecule has 0 saturated heterocycles. The van der Waals surface area contributed by atoms with Gasteiger partial charge in [0.05, 0.1) is 14.2 Å². The summed E-state index contributed by atoms with van der Waals surface area (Å²) in [7, 11) is 2.94. The van der Waals surface area contributed by atoms with Crippen molar-refractivity contribution in [3.8, 4) is 5.75 Å². The number of nitrogens with zero attached hydrogens (tertiary/aromatic N) is 2. The molecule has 25 heavy (non-hydrogen) atoms. The molecule has 132 valence electrons. The minimum atomic E-state index is -0.561. The third kappa shape index (κ3) is 3.85. The Bertz CT molecular complexity index is 776. The Hall–Kier alpha value is -2.34. The van der Waals surface area contributed by atoms with Crippen LogP contribution in [-0.2, 0) is 4.74 Å². The monoisotopic (exact) mass is 361 g/mol. The molecule has 1 aliphatic carbocycles. The van der Waals surface area contributed by atoms with Gasteiger partial charge in [-0.3, -0.25) is 0 Å². The maximum Gasteiger partial charge on any atom is 0.358 e. The van der Waals surface area contributed by atoms with Gasteiger partial charge in [-0.1, -0.05) is 23.7 Å². The average Bonchev–Trinajstić information content (AvgIpc) is 3.48. The van der Waals surface area contributed by atoms with Crippen molar-refractivity contribution in [1.29, 1.82) is 0 Å². The Morgan fingerprint density at radius 2 is 1.92 bits per heavy atom. The van der Waals surface area contributed by atoms with Gasteiger partial charge < -0.3 is 14.8 Å². The van der Waals surface area contributed by atoms with Crippen molar-refractivity contribution in [2.75, 3.05) is 19.5 Å². The van der Waals surface area contributed by atoms with Crippen LogP contribution in [0, 0.1) is 0 Å². The molecule has 1 N–H and O–H groups in total. The van der Waals surface area contributed by atoms with Crippen LogP contribution in [0.4, 0.5) is 5.82 Å². The Morgan fingerprint density at radius 1 is 1.24 bits per heavy atom. The first-order valence-corrected chi connectivity index (χ1v) is 8.47. The number of benzene rings is 1. The normalized spacial score (nSPS) is 14.7. The smallest absolute Gasteiger partial charge is 0.358 e. The fourth-order valence-electron chi connectivity index (χ4n) is 2.50. The van der Waals surface area contributed by atoms with Gasteiger partial charge in [0.1, 0.15) is 22.4 Å². The van der Waals surface area contributed by atoms with E-state index in [1.165, 1.54) is 7.11 Å². The summed E-state index contributed by atoms with van der Waals surface area (Å²) >= 11 is 6.35. The molecule has 1 aromatic carbocycles. The highest BCUT2D eigenvalue weighted by molar-refractivity contribution is 6.35. The maximum absolute atomic E-state index is 12.0. The molecule has 1 heterocycles. The molecule has 1 aromatic heterocycles. The molecule has 0 bridgehead atoms. The zero-order valence-corrected chi connectivity index (χ0v) is 15.1. The number of anilines is 1. The molecule has 1 atom stereocenters. The summed E-state index contributed by atoms with van der Waals surface area (Å²) < 4.78 is 9.96. The molecule has 1 aliphatic rings. The van der Waals surface area contributed by atoms with Gasteiger partial charge in [-0.15, -0.1) is 0 Å². The van der Waals surface area contributed by atoms with Gasteiger partial charge >= 0.3 is 5.97 Å². The summed E-state index contributed by atoms with van der Waals surface area (Å²) in [5, 5.41) is 3.45. The van der Waals surface area contributed by atoms with E-state index >= 15 is 0 Å². The summed E-state index contributed by atoms with van der Waals surface area (Å²) in [6.07, 6.45) is 2.05. The van der Waals surface area contributed by atoms with Crippen molar-refractivity contribution in [2.24, 2.45) is 0 Å². The first-order valence-electron chi connectivity index (χ1n) is 8.09. The average molecular weight is 362 g/mol. The number of nitrogens with one attached hydrogen (secondary N) is 1. The molecule has 0 radical (unpaired) electrons. The van der Waals surface area contributed by atoms with E-state index in [-0.39, 0.29) is 22.7 Å². The van der Waals surface area contributed by atoms with Crippen LogP contribution >= 0.6 is 11.6 Å². The van der Waals surface area contributed by atoms with E-state index in [1.807, 2.05) is 31.2 Å². The second-order valence-electron chi connectivity index (χ2n) is 6.00. The Morgan fingerprint density at radius 3 is 2.48 bits per heavy atom. The number of methoxy groups -OCH3 is 2. The molecule has 0 aliphatic heterocycles. The van der Waals surface area contributed by atoms with Crippen LogP contribution in [0.5, 0.6) is 5.75 Å². The number of carbonyl (C=O) groups is 1. The standard InChI is InChI=1S/C18H20ClN3O3/c1-10(11-6-8-13(24-2)9-7-11)20-17-14(19)15(18(23)25-3)21-16(22-17)12-4-5-12/h6-10,12H,4-5H2,1-3H3,(H,20,21,22). The maximum atomic E-state index is 12.0. The zero-order chi connectivity index (χ0) is 18.0. The van der Waals surface area contributed by atoms with E-state index in [2.05, 4.69) is 15.3 Å². The fourth-order valence-corrected chi connectivity index (χ4v) is 2.71. The van der Waals surface area contributed by atoms with E-state index in [1.54, 1.807) is 7.11 Å². The number of hydrogen-bond acceptors (Lipinski definition) is 6. The van der Waals surface area contributed by atoms with Gasteiger partial charge in [-0.05, 0) is 37.5 Å². The number of esters is 1. The molecule has 1 unspecified atom stereocenters. The SMILES string of the molecule is COC(=O)c1nc(C2CC2)nc(NC(C)c2ccc(OC)cc2)c1Cl. The number of hydrogen-bond donors (Lipinski definition) is 1. The van der Waals surface area contributed by atoms with Crippen molar-refractivity contribution >= 4 is 23.4 Å². The van der Waals surface area contributed by atoms with Crippen LogP contribution in [0.3, 0.4) is 0 Å². The van der Waals surface area contributed by atoms with Gasteiger partial charge in [0, 0.05) is 12.0 Å². The molecule has 7 heteroatoms. The summed E-state index contributed by atoms with van der Waals surface area (Å²) in [5.41, 5.74) is 1.15. The van der Waals surface area contributed by atoms with Crippen molar-refractivity contribution < 1.29 is 14.3 Å². The molecule has 0 spiro atoms. The first kappa shape index (κ1) is 17.5. The number of ether oxygens (including phenoxy) is 2. The number of carbonyl (C=O) groups excluding carboxylic acids is 1. The highest BCUT2D eigenvalue weighted by Crippen LogP contribution is 2.40. The van der Waals surface area contributed by atoms with E-state index in [4.69, 9.17) is 21.1 Å². The zero-order valence-electron chi connectivity index (χ0n) is 14.4. The highest BCUT2D eigenvalue weighted by atomic mass is 35.5. The predicted molar refractivity (Wildman–Crippen MR) is 95.4 cm³/mol. The van der Waals surface area contributed by atoms with Crippen molar-refractivity contribution in [3.05, 3.63) is 46.4 Å². The third-order valence-electron chi connectivity index (χ3n) is 4.16. The summed E-state index contributed by atoms with van der Waals surface area (Å²) in [6, 6.07) is 7.66. The van der Waals surface area contributed by atoms with Crippen LogP contribution in [-0.4, -0.2) is 30.2 Å². The molecule has 2 aromatic rings. The molecule has 3 rings (SSSR count). The van der Waals surface area contributed by atoms with E-state index in [0.717, 1.165) is 24.2 Å². The minimum Gasteiger partial charge on any atom is -0.497 e. The van der Waals surface area contributed by atoms with Crippen LogP contribution in [0.2, 0.25) is 5.02 Å². The molecule has 0 amide bonds. The largest absolute Gasteiger partial charge is 0.497 e. The minimum absolute atomic E-state index is 0.0594. The third-order valence-corrected chi connectivity index (χ3v) is 4.52. The van der Waals surface area contributed by atoms with Crippen LogP contribution in [0.15, 0.2) is 24.3 Å². The predicted octanol–water partition coefficient (Wildman–Crippen LogP) is 3.98. The summed E-state index contributed by atoms with van der Waals surface area (Å²) in [4.78, 5) is 20.8. The van der Waals surface area contributed by atoms with E-state index in [9.17, 15) is 4.79 Å². The van der Waals surface area contributed by atoms with Gasteiger partial charge in [-0.2, -0.15) is 0 Å². The van der Waals surface area contributed by atoms with Crippen molar-refractivity contribution in [2.45, 2.75) is 31.7 Å². The number of rotatable bonds is 6. The second kappa shape index (κ2) is 7.27. The lowest BCUT2D eigenvalue weighted by Gasteiger charge is -2.18. The quantitative estimate of drug-likeness (QED) is 0.784. The number of halogens is 1. The Labute approximate surface area is 151 Å². The Kier molecular flexibility index (Phi) is 5.08. The summed E-state index contributed by atoms with van der Waals surface area (Å²) in [5.74, 6) is 1.60. The van der Waals surface area contributed by atoms with Gasteiger partial charge in [0.15, 0.2) is 5.69 Å². The molecule has 1 saturated carbocycles. The fraction of sp³-hybridized carbons (Fsp3) is 0.389. The van der Waals surface area contributed by atoms with Crippen LogP contribution in [0.25, 0.3) is 0 Å². The van der Waals surface area contributed by atoms with Crippen LogP contribution < -0.4 is 10.1 Å². The van der Waals surface area contributed by atoms with Gasteiger partial charge in [0.2, 0.25) is 0 Å². The van der Waals surface area contributed by atoms with Crippen molar-refractivity contribution in [3.63, 3.8) is 0 Å². The number of aromatic nitrogens is 2.